The van der Waals surface area contributed by atoms with Gasteiger partial charge in [0.05, 0.1) is 11.6 Å². The van der Waals surface area contributed by atoms with Gasteiger partial charge in [-0.1, -0.05) is 55.3 Å². The molecule has 132 valence electrons. The van der Waals surface area contributed by atoms with Gasteiger partial charge in [-0.25, -0.2) is 4.99 Å². The molecule has 26 heavy (non-hydrogen) atoms. The van der Waals surface area contributed by atoms with E-state index in [9.17, 15) is 5.26 Å². The lowest BCUT2D eigenvalue weighted by Crippen LogP contribution is -2.36. The van der Waals surface area contributed by atoms with E-state index in [1.807, 2.05) is 31.2 Å². The van der Waals surface area contributed by atoms with Crippen molar-refractivity contribution in [3.05, 3.63) is 65.4 Å². The van der Waals surface area contributed by atoms with Crippen LogP contribution in [0, 0.1) is 11.3 Å². The fraction of sp³-hybridized carbons (Fsp3) is 0.273. The fourth-order valence-electron chi connectivity index (χ4n) is 3.39. The van der Waals surface area contributed by atoms with Crippen molar-refractivity contribution in [2.45, 2.75) is 39.8 Å². The number of hydrogen-bond donors (Lipinski definition) is 0. The van der Waals surface area contributed by atoms with Crippen molar-refractivity contribution in [3.8, 4) is 17.2 Å². The molecule has 2 aromatic carbocycles. The molecular formula is C22H22ClN3. The largest absolute Gasteiger partial charge is 0.322 e. The molecule has 1 unspecified atom stereocenters. The Morgan fingerprint density at radius 1 is 1.15 bits per heavy atom. The van der Waals surface area contributed by atoms with Gasteiger partial charge in [-0.05, 0) is 49.6 Å². The van der Waals surface area contributed by atoms with Crippen molar-refractivity contribution in [3.63, 3.8) is 0 Å². The van der Waals surface area contributed by atoms with E-state index < -0.39 is 0 Å². The second-order valence-electron chi connectivity index (χ2n) is 6.45. The SMILES string of the molecule is CCCC1=C(C)C(Cl)=NC(C)N1c1ccc(-c2ccccc2C#N)cc1. The molecule has 3 rings (SSSR count). The number of anilines is 1. The van der Waals surface area contributed by atoms with E-state index >= 15 is 0 Å². The molecule has 4 heteroatoms. The lowest BCUT2D eigenvalue weighted by molar-refractivity contribution is 0.678. The predicted molar refractivity (Wildman–Crippen MR) is 109 cm³/mol. The third-order valence-electron chi connectivity index (χ3n) is 4.70. The van der Waals surface area contributed by atoms with Crippen LogP contribution in [0.25, 0.3) is 11.1 Å². The summed E-state index contributed by atoms with van der Waals surface area (Å²) in [7, 11) is 0. The minimum absolute atomic E-state index is 0.0370. The summed E-state index contributed by atoms with van der Waals surface area (Å²) in [5.74, 6) is 0. The predicted octanol–water partition coefficient (Wildman–Crippen LogP) is 6.10. The summed E-state index contributed by atoms with van der Waals surface area (Å²) in [6, 6.07) is 18.3. The van der Waals surface area contributed by atoms with Crippen LogP contribution in [0.5, 0.6) is 0 Å². The normalized spacial score (nSPS) is 17.1. The molecule has 1 atom stereocenters. The van der Waals surface area contributed by atoms with E-state index in [0.29, 0.717) is 10.7 Å². The molecule has 1 aliphatic heterocycles. The fourth-order valence-corrected chi connectivity index (χ4v) is 3.64. The minimum atomic E-state index is -0.0370. The van der Waals surface area contributed by atoms with Crippen LogP contribution in [0.4, 0.5) is 5.69 Å². The lowest BCUT2D eigenvalue weighted by atomic mass is 9.99. The standard InChI is InChI=1S/C22H22ClN3/c1-4-7-21-15(2)22(23)25-16(3)26(21)19-12-10-17(11-13-19)20-9-6-5-8-18(20)14-24/h5-6,8-13,16H,4,7H2,1-3H3. The first-order valence-corrected chi connectivity index (χ1v) is 9.26. The lowest BCUT2D eigenvalue weighted by Gasteiger charge is -2.36. The van der Waals surface area contributed by atoms with Crippen LogP contribution in [-0.4, -0.2) is 11.3 Å². The summed E-state index contributed by atoms with van der Waals surface area (Å²) in [4.78, 5) is 6.82. The summed E-state index contributed by atoms with van der Waals surface area (Å²) in [5, 5.41) is 9.94. The molecule has 1 aliphatic rings. The summed E-state index contributed by atoms with van der Waals surface area (Å²) < 4.78 is 0. The number of benzene rings is 2. The van der Waals surface area contributed by atoms with E-state index in [-0.39, 0.29) is 6.17 Å². The third kappa shape index (κ3) is 3.38. The molecule has 0 radical (unpaired) electrons. The van der Waals surface area contributed by atoms with Gasteiger partial charge < -0.3 is 4.90 Å². The molecule has 0 aromatic heterocycles. The van der Waals surface area contributed by atoms with Gasteiger partial charge >= 0.3 is 0 Å². The van der Waals surface area contributed by atoms with Crippen molar-refractivity contribution in [2.75, 3.05) is 4.90 Å². The van der Waals surface area contributed by atoms with Crippen LogP contribution in [0.2, 0.25) is 0 Å². The van der Waals surface area contributed by atoms with Crippen LogP contribution in [0.15, 0.2) is 64.8 Å². The van der Waals surface area contributed by atoms with Gasteiger partial charge in [0, 0.05) is 17.0 Å². The maximum atomic E-state index is 9.33. The topological polar surface area (TPSA) is 39.4 Å². The van der Waals surface area contributed by atoms with Crippen LogP contribution in [0.1, 0.15) is 39.2 Å². The van der Waals surface area contributed by atoms with Crippen LogP contribution in [0.3, 0.4) is 0 Å². The number of rotatable bonds is 4. The average molecular weight is 364 g/mol. The molecular weight excluding hydrogens is 342 g/mol. The van der Waals surface area contributed by atoms with Crippen molar-refractivity contribution < 1.29 is 0 Å². The van der Waals surface area contributed by atoms with Crippen molar-refractivity contribution >= 4 is 22.5 Å². The number of halogens is 1. The highest BCUT2D eigenvalue weighted by molar-refractivity contribution is 6.69. The Balaban J connectivity index is 1.99. The zero-order chi connectivity index (χ0) is 18.7. The van der Waals surface area contributed by atoms with Gasteiger partial charge in [-0.2, -0.15) is 5.26 Å². The maximum Gasteiger partial charge on any atom is 0.130 e. The summed E-state index contributed by atoms with van der Waals surface area (Å²) in [6.07, 6.45) is 1.97. The van der Waals surface area contributed by atoms with E-state index in [4.69, 9.17) is 11.6 Å². The van der Waals surface area contributed by atoms with E-state index in [1.165, 1.54) is 5.70 Å². The Kier molecular flexibility index (Phi) is 5.44. The molecule has 1 heterocycles. The highest BCUT2D eigenvalue weighted by Crippen LogP contribution is 2.34. The smallest absolute Gasteiger partial charge is 0.130 e. The second kappa shape index (κ2) is 7.76. The average Bonchev–Trinajstić information content (AvgIpc) is 2.66. The first kappa shape index (κ1) is 18.2. The molecule has 0 spiro atoms. The Morgan fingerprint density at radius 3 is 2.50 bits per heavy atom. The first-order chi connectivity index (χ1) is 12.6. The zero-order valence-electron chi connectivity index (χ0n) is 15.3. The van der Waals surface area contributed by atoms with Gasteiger partial charge in [0.15, 0.2) is 0 Å². The van der Waals surface area contributed by atoms with E-state index in [2.05, 4.69) is 54.1 Å². The van der Waals surface area contributed by atoms with Gasteiger partial charge in [0.2, 0.25) is 0 Å². The molecule has 0 fully saturated rings. The second-order valence-corrected chi connectivity index (χ2v) is 6.81. The summed E-state index contributed by atoms with van der Waals surface area (Å²) in [6.45, 7) is 6.27. The van der Waals surface area contributed by atoms with Gasteiger partial charge in [-0.15, -0.1) is 0 Å². The number of hydrogen-bond acceptors (Lipinski definition) is 3. The van der Waals surface area contributed by atoms with Crippen LogP contribution in [-0.2, 0) is 0 Å². The molecule has 0 saturated heterocycles. The Labute approximate surface area is 160 Å². The molecule has 2 aromatic rings. The van der Waals surface area contributed by atoms with Crippen molar-refractivity contribution in [1.29, 1.82) is 5.26 Å². The van der Waals surface area contributed by atoms with Crippen LogP contribution >= 0.6 is 11.6 Å². The van der Waals surface area contributed by atoms with Gasteiger partial charge in [0.1, 0.15) is 11.3 Å². The molecule has 0 bridgehead atoms. The highest BCUT2D eigenvalue weighted by Gasteiger charge is 2.25. The van der Waals surface area contributed by atoms with Crippen molar-refractivity contribution in [2.24, 2.45) is 4.99 Å². The van der Waals surface area contributed by atoms with E-state index in [0.717, 1.165) is 35.2 Å². The van der Waals surface area contributed by atoms with Crippen LogP contribution < -0.4 is 4.90 Å². The highest BCUT2D eigenvalue weighted by atomic mass is 35.5. The summed E-state index contributed by atoms with van der Waals surface area (Å²) >= 11 is 6.32. The molecule has 3 nitrogen and oxygen atoms in total. The van der Waals surface area contributed by atoms with Gasteiger partial charge in [0.25, 0.3) is 0 Å². The number of allylic oxidation sites excluding steroid dienone is 2. The minimum Gasteiger partial charge on any atom is -0.322 e. The first-order valence-electron chi connectivity index (χ1n) is 8.89. The zero-order valence-corrected chi connectivity index (χ0v) is 16.1. The number of nitriles is 1. The Hall–Kier alpha value is -2.57. The number of nitrogens with zero attached hydrogens (tertiary/aromatic N) is 3. The molecule has 0 saturated carbocycles. The van der Waals surface area contributed by atoms with Gasteiger partial charge in [-0.3, -0.25) is 0 Å². The molecule has 0 amide bonds. The maximum absolute atomic E-state index is 9.33. The van der Waals surface area contributed by atoms with E-state index in [1.54, 1.807) is 0 Å². The monoisotopic (exact) mass is 363 g/mol. The molecule has 0 N–H and O–H groups in total. The summed E-state index contributed by atoms with van der Waals surface area (Å²) in [5.41, 5.74) is 6.04. The molecule has 0 aliphatic carbocycles. The Morgan fingerprint density at radius 2 is 1.85 bits per heavy atom. The van der Waals surface area contributed by atoms with Crippen molar-refractivity contribution in [1.82, 2.24) is 0 Å². The Bertz CT molecular complexity index is 904. The number of aliphatic imine (C=N–C) groups is 1. The third-order valence-corrected chi connectivity index (χ3v) is 5.08. The quantitative estimate of drug-likeness (QED) is 0.658.